The topological polar surface area (TPSA) is 78.4 Å². The van der Waals surface area contributed by atoms with Gasteiger partial charge in [-0.3, -0.25) is 4.79 Å². The second-order valence-electron chi connectivity index (χ2n) is 4.83. The van der Waals surface area contributed by atoms with Crippen molar-refractivity contribution in [3.05, 3.63) is 27.7 Å². The van der Waals surface area contributed by atoms with Crippen LogP contribution < -0.4 is 10.6 Å². The summed E-state index contributed by atoms with van der Waals surface area (Å²) >= 11 is 9.29. The maximum atomic E-state index is 11.7. The molecule has 0 spiro atoms. The molecule has 5 nitrogen and oxygen atoms in total. The molecule has 7 heteroatoms. The van der Waals surface area contributed by atoms with Gasteiger partial charge in [0, 0.05) is 17.4 Å². The van der Waals surface area contributed by atoms with Gasteiger partial charge in [-0.05, 0) is 37.0 Å². The van der Waals surface area contributed by atoms with E-state index in [0.717, 1.165) is 10.9 Å². The Hall–Kier alpha value is -1.27. The fourth-order valence-electron chi connectivity index (χ4n) is 1.71. The standard InChI is InChI=1S/C14H18BrClN2O3/c1-9(2-5-13(19)20)6-7-17-14(21)18-12-8-10(15)3-4-11(12)16/h3-4,8-9H,2,5-7H2,1H3,(H,19,20)(H2,17,18,21). The van der Waals surface area contributed by atoms with Crippen LogP contribution in [-0.4, -0.2) is 23.7 Å². The predicted octanol–water partition coefficient (Wildman–Crippen LogP) is 4.12. The monoisotopic (exact) mass is 376 g/mol. The van der Waals surface area contributed by atoms with Crippen molar-refractivity contribution in [1.29, 1.82) is 0 Å². The van der Waals surface area contributed by atoms with Crippen LogP contribution in [0.15, 0.2) is 22.7 Å². The zero-order valence-corrected chi connectivity index (χ0v) is 14.0. The number of urea groups is 1. The second-order valence-corrected chi connectivity index (χ2v) is 6.15. The molecular weight excluding hydrogens is 360 g/mol. The van der Waals surface area contributed by atoms with Crippen LogP contribution >= 0.6 is 27.5 Å². The van der Waals surface area contributed by atoms with Crippen molar-refractivity contribution in [2.75, 3.05) is 11.9 Å². The molecule has 1 atom stereocenters. The zero-order valence-electron chi connectivity index (χ0n) is 11.7. The minimum absolute atomic E-state index is 0.154. The smallest absolute Gasteiger partial charge is 0.319 e. The normalized spacial score (nSPS) is 11.8. The lowest BCUT2D eigenvalue weighted by molar-refractivity contribution is -0.137. The first-order valence-corrected chi connectivity index (χ1v) is 7.77. The van der Waals surface area contributed by atoms with Gasteiger partial charge in [0.05, 0.1) is 10.7 Å². The number of hydrogen-bond acceptors (Lipinski definition) is 2. The lowest BCUT2D eigenvalue weighted by Crippen LogP contribution is -2.30. The highest BCUT2D eigenvalue weighted by molar-refractivity contribution is 9.10. The first-order chi connectivity index (χ1) is 9.88. The van der Waals surface area contributed by atoms with E-state index in [0.29, 0.717) is 23.7 Å². The summed E-state index contributed by atoms with van der Waals surface area (Å²) in [7, 11) is 0. The Morgan fingerprint density at radius 3 is 2.76 bits per heavy atom. The molecule has 1 aromatic rings. The Labute approximate surface area is 137 Å². The van der Waals surface area contributed by atoms with E-state index in [4.69, 9.17) is 16.7 Å². The lowest BCUT2D eigenvalue weighted by Gasteiger charge is -2.12. The largest absolute Gasteiger partial charge is 0.481 e. The molecule has 0 radical (unpaired) electrons. The summed E-state index contributed by atoms with van der Waals surface area (Å²) < 4.78 is 0.824. The Kier molecular flexibility index (Phi) is 7.53. The molecule has 0 aliphatic rings. The molecule has 2 amide bonds. The molecule has 0 saturated carbocycles. The van der Waals surface area contributed by atoms with Gasteiger partial charge in [-0.25, -0.2) is 4.79 Å². The number of anilines is 1. The number of carboxylic acids is 1. The van der Waals surface area contributed by atoms with Crippen LogP contribution in [0.2, 0.25) is 5.02 Å². The van der Waals surface area contributed by atoms with Crippen molar-refractivity contribution in [2.45, 2.75) is 26.2 Å². The SMILES string of the molecule is CC(CCNC(=O)Nc1cc(Br)ccc1Cl)CCC(=O)O. The van der Waals surface area contributed by atoms with Crippen LogP contribution in [-0.2, 0) is 4.79 Å². The minimum Gasteiger partial charge on any atom is -0.481 e. The molecule has 0 heterocycles. The third-order valence-corrected chi connectivity index (χ3v) is 3.77. The molecule has 0 aliphatic carbocycles. The van der Waals surface area contributed by atoms with Crippen molar-refractivity contribution in [1.82, 2.24) is 5.32 Å². The van der Waals surface area contributed by atoms with Gasteiger partial charge in [0.2, 0.25) is 0 Å². The van der Waals surface area contributed by atoms with Gasteiger partial charge >= 0.3 is 12.0 Å². The first-order valence-electron chi connectivity index (χ1n) is 6.60. The average Bonchev–Trinajstić information content (AvgIpc) is 2.40. The lowest BCUT2D eigenvalue weighted by atomic mass is 10.0. The molecule has 0 fully saturated rings. The molecule has 0 aliphatic heterocycles. The first kappa shape index (κ1) is 17.8. The number of carboxylic acid groups (broad SMARTS) is 1. The maximum absolute atomic E-state index is 11.7. The molecule has 1 rings (SSSR count). The Bertz CT molecular complexity index is 511. The molecule has 1 aromatic carbocycles. The Balaban J connectivity index is 2.31. The summed E-state index contributed by atoms with van der Waals surface area (Å²) in [6, 6.07) is 4.86. The summed E-state index contributed by atoms with van der Waals surface area (Å²) in [4.78, 5) is 22.2. The van der Waals surface area contributed by atoms with E-state index in [1.165, 1.54) is 0 Å². The molecule has 21 heavy (non-hydrogen) atoms. The van der Waals surface area contributed by atoms with Crippen molar-refractivity contribution in [3.8, 4) is 0 Å². The minimum atomic E-state index is -0.795. The Morgan fingerprint density at radius 2 is 2.10 bits per heavy atom. The van der Waals surface area contributed by atoms with E-state index >= 15 is 0 Å². The van der Waals surface area contributed by atoms with Gasteiger partial charge in [-0.1, -0.05) is 34.5 Å². The number of aliphatic carboxylic acids is 1. The highest BCUT2D eigenvalue weighted by atomic mass is 79.9. The molecule has 0 saturated heterocycles. The fraction of sp³-hybridized carbons (Fsp3) is 0.429. The van der Waals surface area contributed by atoms with E-state index in [9.17, 15) is 9.59 Å². The van der Waals surface area contributed by atoms with Crippen molar-refractivity contribution in [3.63, 3.8) is 0 Å². The van der Waals surface area contributed by atoms with Gasteiger partial charge in [0.15, 0.2) is 0 Å². The summed E-state index contributed by atoms with van der Waals surface area (Å²) in [6.07, 6.45) is 1.49. The van der Waals surface area contributed by atoms with Crippen LogP contribution in [0.3, 0.4) is 0 Å². The molecular formula is C14H18BrClN2O3. The van der Waals surface area contributed by atoms with Crippen molar-refractivity contribution >= 4 is 45.2 Å². The number of hydrogen-bond donors (Lipinski definition) is 3. The van der Waals surface area contributed by atoms with E-state index in [1.54, 1.807) is 18.2 Å². The van der Waals surface area contributed by atoms with Gasteiger partial charge < -0.3 is 15.7 Å². The van der Waals surface area contributed by atoms with Crippen LogP contribution in [0, 0.1) is 5.92 Å². The molecule has 116 valence electrons. The number of carbonyl (C=O) groups is 2. The Morgan fingerprint density at radius 1 is 1.38 bits per heavy atom. The average molecular weight is 378 g/mol. The quantitative estimate of drug-likeness (QED) is 0.669. The molecule has 1 unspecified atom stereocenters. The molecule has 0 bridgehead atoms. The summed E-state index contributed by atoms with van der Waals surface area (Å²) in [6.45, 7) is 2.45. The summed E-state index contributed by atoms with van der Waals surface area (Å²) in [5.74, 6) is -0.548. The van der Waals surface area contributed by atoms with Crippen LogP contribution in [0.4, 0.5) is 10.5 Å². The number of halogens is 2. The number of benzene rings is 1. The maximum Gasteiger partial charge on any atom is 0.319 e. The van der Waals surface area contributed by atoms with Gasteiger partial charge in [-0.15, -0.1) is 0 Å². The number of carbonyl (C=O) groups excluding carboxylic acids is 1. The highest BCUT2D eigenvalue weighted by Gasteiger charge is 2.08. The van der Waals surface area contributed by atoms with Crippen LogP contribution in [0.5, 0.6) is 0 Å². The van der Waals surface area contributed by atoms with Crippen molar-refractivity contribution in [2.24, 2.45) is 5.92 Å². The zero-order chi connectivity index (χ0) is 15.8. The van der Waals surface area contributed by atoms with Gasteiger partial charge in [0.1, 0.15) is 0 Å². The number of nitrogens with one attached hydrogen (secondary N) is 2. The van der Waals surface area contributed by atoms with E-state index in [1.807, 2.05) is 6.92 Å². The number of rotatable bonds is 7. The fourth-order valence-corrected chi connectivity index (χ4v) is 2.23. The molecule has 0 aromatic heterocycles. The number of amides is 2. The van der Waals surface area contributed by atoms with Gasteiger partial charge in [0.25, 0.3) is 0 Å². The van der Waals surface area contributed by atoms with E-state index in [-0.39, 0.29) is 18.4 Å². The summed E-state index contributed by atoms with van der Waals surface area (Å²) in [5.41, 5.74) is 0.530. The third-order valence-electron chi connectivity index (χ3n) is 2.95. The third kappa shape index (κ3) is 7.34. The van der Waals surface area contributed by atoms with Crippen LogP contribution in [0.1, 0.15) is 26.2 Å². The van der Waals surface area contributed by atoms with Crippen molar-refractivity contribution < 1.29 is 14.7 Å². The predicted molar refractivity (Wildman–Crippen MR) is 86.8 cm³/mol. The summed E-state index contributed by atoms with van der Waals surface area (Å²) in [5, 5.41) is 14.4. The highest BCUT2D eigenvalue weighted by Crippen LogP contribution is 2.25. The second kappa shape index (κ2) is 8.89. The van der Waals surface area contributed by atoms with E-state index in [2.05, 4.69) is 26.6 Å². The van der Waals surface area contributed by atoms with E-state index < -0.39 is 5.97 Å². The molecule has 3 N–H and O–H groups in total. The van der Waals surface area contributed by atoms with Crippen LogP contribution in [0.25, 0.3) is 0 Å². The van der Waals surface area contributed by atoms with Gasteiger partial charge in [-0.2, -0.15) is 0 Å².